The number of nitrogens with one attached hydrogen (secondary N) is 1. The van der Waals surface area contributed by atoms with Crippen LogP contribution in [0.3, 0.4) is 0 Å². The van der Waals surface area contributed by atoms with E-state index in [1.807, 2.05) is 4.90 Å². The monoisotopic (exact) mass is 416 g/mol. The predicted octanol–water partition coefficient (Wildman–Crippen LogP) is 1.51. The van der Waals surface area contributed by atoms with Gasteiger partial charge in [-0.3, -0.25) is 9.78 Å². The van der Waals surface area contributed by atoms with Gasteiger partial charge < -0.3 is 10.2 Å². The molecule has 12 heteroatoms. The molecule has 0 bridgehead atoms. The summed E-state index contributed by atoms with van der Waals surface area (Å²) in [5.41, 5.74) is 0.305. The number of rotatable bonds is 4. The summed E-state index contributed by atoms with van der Waals surface area (Å²) >= 11 is 0. The number of anilines is 1. The lowest BCUT2D eigenvalue weighted by Crippen LogP contribution is -2.39. The molecule has 3 heterocycles. The second-order valence-corrected chi connectivity index (χ2v) is 6.80. The molecule has 1 aromatic carbocycles. The Morgan fingerprint density at radius 2 is 2.13 bits per heavy atom. The van der Waals surface area contributed by atoms with Crippen LogP contribution in [0.25, 0.3) is 11.0 Å². The normalized spacial score (nSPS) is 16.6. The van der Waals surface area contributed by atoms with Crippen molar-refractivity contribution >= 4 is 22.6 Å². The fourth-order valence-corrected chi connectivity index (χ4v) is 3.29. The molecule has 0 spiro atoms. The van der Waals surface area contributed by atoms with Crippen LogP contribution in [0.5, 0.6) is 0 Å². The number of hydrogen-bond acceptors (Lipinski definition) is 7. The molecule has 3 aromatic rings. The maximum Gasteiger partial charge on any atom is 0.434 e. The Bertz CT molecular complexity index is 1140. The second-order valence-electron chi connectivity index (χ2n) is 6.80. The molecule has 1 atom stereocenters. The van der Waals surface area contributed by atoms with Crippen LogP contribution in [0, 0.1) is 11.3 Å². The van der Waals surface area contributed by atoms with Gasteiger partial charge in [0, 0.05) is 24.8 Å². The summed E-state index contributed by atoms with van der Waals surface area (Å²) in [5.74, 6) is -0.253. The van der Waals surface area contributed by atoms with Crippen molar-refractivity contribution < 1.29 is 18.0 Å². The summed E-state index contributed by atoms with van der Waals surface area (Å²) in [4.78, 5) is 25.5. The van der Waals surface area contributed by atoms with E-state index in [1.165, 1.54) is 17.1 Å². The minimum Gasteiger partial charge on any atom is -0.369 e. The topological polar surface area (TPSA) is 113 Å². The van der Waals surface area contributed by atoms with Gasteiger partial charge in [-0.15, -0.1) is 5.10 Å². The number of aromatic nitrogens is 5. The second kappa shape index (κ2) is 7.58. The summed E-state index contributed by atoms with van der Waals surface area (Å²) < 4.78 is 39.6. The first-order chi connectivity index (χ1) is 14.3. The molecule has 0 unspecified atom stereocenters. The Hall–Kier alpha value is -3.75. The number of hydrogen-bond donors (Lipinski definition) is 1. The van der Waals surface area contributed by atoms with Gasteiger partial charge >= 0.3 is 6.18 Å². The van der Waals surface area contributed by atoms with Crippen LogP contribution in [0.4, 0.5) is 18.9 Å². The minimum atomic E-state index is -4.54. The van der Waals surface area contributed by atoms with Crippen LogP contribution in [0.1, 0.15) is 17.9 Å². The van der Waals surface area contributed by atoms with Crippen molar-refractivity contribution in [1.29, 1.82) is 5.26 Å². The number of fused-ring (bicyclic) bond motifs is 1. The third-order valence-electron chi connectivity index (χ3n) is 4.68. The molecule has 1 saturated heterocycles. The van der Waals surface area contributed by atoms with E-state index < -0.39 is 11.9 Å². The zero-order valence-corrected chi connectivity index (χ0v) is 15.5. The van der Waals surface area contributed by atoms with Gasteiger partial charge in [-0.05, 0) is 24.6 Å². The van der Waals surface area contributed by atoms with Crippen molar-refractivity contribution in [2.24, 2.45) is 0 Å². The van der Waals surface area contributed by atoms with Crippen LogP contribution < -0.4 is 10.2 Å². The fourth-order valence-electron chi connectivity index (χ4n) is 3.29. The highest BCUT2D eigenvalue weighted by Crippen LogP contribution is 2.29. The Balaban J connectivity index is 1.39. The molecule has 0 radical (unpaired) electrons. The fraction of sp³-hybridized carbons (Fsp3) is 0.333. The molecule has 154 valence electrons. The van der Waals surface area contributed by atoms with E-state index in [9.17, 15) is 18.0 Å². The first-order valence-corrected chi connectivity index (χ1v) is 9.00. The molecule has 1 N–H and O–H groups in total. The molecule has 1 amide bonds. The van der Waals surface area contributed by atoms with Gasteiger partial charge in [0.15, 0.2) is 5.69 Å². The first-order valence-electron chi connectivity index (χ1n) is 9.00. The van der Waals surface area contributed by atoms with Gasteiger partial charge in [0.25, 0.3) is 5.82 Å². The summed E-state index contributed by atoms with van der Waals surface area (Å²) in [5, 5.41) is 15.5. The number of halogens is 3. The Labute approximate surface area is 168 Å². The number of nitriles is 1. The Kier molecular flexibility index (Phi) is 4.94. The molecular formula is C18H15F3N8O. The van der Waals surface area contributed by atoms with E-state index in [1.54, 1.807) is 18.2 Å². The number of alkyl halides is 3. The van der Waals surface area contributed by atoms with Gasteiger partial charge in [0.2, 0.25) is 5.91 Å². The molecule has 2 aromatic heterocycles. The molecule has 0 aliphatic carbocycles. The lowest BCUT2D eigenvalue weighted by Gasteiger charge is -2.19. The number of amides is 1. The van der Waals surface area contributed by atoms with Crippen molar-refractivity contribution in [3.63, 3.8) is 0 Å². The summed E-state index contributed by atoms with van der Waals surface area (Å²) in [6, 6.07) is 6.59. The average Bonchev–Trinajstić information content (AvgIpc) is 3.35. The number of carbonyl (C=O) groups is 1. The van der Waals surface area contributed by atoms with Crippen molar-refractivity contribution in [2.45, 2.75) is 25.2 Å². The quantitative estimate of drug-likeness (QED) is 0.686. The molecule has 9 nitrogen and oxygen atoms in total. The Morgan fingerprint density at radius 1 is 1.30 bits per heavy atom. The molecule has 1 aliphatic rings. The van der Waals surface area contributed by atoms with Crippen molar-refractivity contribution in [3.05, 3.63) is 42.2 Å². The third-order valence-corrected chi connectivity index (χ3v) is 4.68. The molecule has 1 fully saturated rings. The van der Waals surface area contributed by atoms with Crippen LogP contribution in [0.15, 0.2) is 30.7 Å². The van der Waals surface area contributed by atoms with Crippen LogP contribution in [-0.4, -0.2) is 49.8 Å². The molecular weight excluding hydrogens is 401 g/mol. The van der Waals surface area contributed by atoms with E-state index in [2.05, 4.69) is 25.4 Å². The van der Waals surface area contributed by atoms with Crippen molar-refractivity contribution in [2.75, 3.05) is 18.0 Å². The van der Waals surface area contributed by atoms with Crippen LogP contribution in [0.2, 0.25) is 0 Å². The van der Waals surface area contributed by atoms with E-state index in [-0.39, 0.29) is 29.8 Å². The molecule has 30 heavy (non-hydrogen) atoms. The van der Waals surface area contributed by atoms with Gasteiger partial charge in [-0.2, -0.15) is 18.4 Å². The number of benzene rings is 1. The SMILES string of the molecule is N#Cc1ncn(CC(=O)N[C@H]2CCN(c3ccc4nc(C(F)(F)F)cnc4c3)C2)n1. The van der Waals surface area contributed by atoms with E-state index in [4.69, 9.17) is 5.26 Å². The maximum absolute atomic E-state index is 12.8. The largest absolute Gasteiger partial charge is 0.434 e. The van der Waals surface area contributed by atoms with Crippen LogP contribution >= 0.6 is 0 Å². The van der Waals surface area contributed by atoms with E-state index in [0.717, 1.165) is 11.9 Å². The summed E-state index contributed by atoms with van der Waals surface area (Å²) in [7, 11) is 0. The molecule has 0 saturated carbocycles. The van der Waals surface area contributed by atoms with Gasteiger partial charge in [0.05, 0.1) is 17.2 Å². The summed E-state index contributed by atoms with van der Waals surface area (Å²) in [6.07, 6.45) is -1.79. The highest BCUT2D eigenvalue weighted by molar-refractivity contribution is 5.79. The minimum absolute atomic E-state index is 0.00315. The highest BCUT2D eigenvalue weighted by Gasteiger charge is 2.33. The first kappa shape index (κ1) is 19.6. The molecule has 4 rings (SSSR count). The van der Waals surface area contributed by atoms with E-state index in [0.29, 0.717) is 25.0 Å². The Morgan fingerprint density at radius 3 is 2.87 bits per heavy atom. The van der Waals surface area contributed by atoms with E-state index >= 15 is 0 Å². The molecule has 1 aliphatic heterocycles. The average molecular weight is 416 g/mol. The van der Waals surface area contributed by atoms with Gasteiger partial charge in [-0.1, -0.05) is 0 Å². The standard InChI is InChI=1S/C18H15F3N8O/c19-18(20,21)15-7-23-14-5-12(1-2-13(14)26-15)28-4-3-11(8-28)25-17(30)9-29-10-24-16(6-22)27-29/h1-2,5,7,10-11H,3-4,8-9H2,(H,25,30)/t11-/m0/s1. The number of carbonyl (C=O) groups excluding carboxylic acids is 1. The summed E-state index contributed by atoms with van der Waals surface area (Å²) in [6.45, 7) is 1.18. The lowest BCUT2D eigenvalue weighted by atomic mass is 10.2. The highest BCUT2D eigenvalue weighted by atomic mass is 19.4. The van der Waals surface area contributed by atoms with Crippen molar-refractivity contribution in [1.82, 2.24) is 30.0 Å². The maximum atomic E-state index is 12.8. The smallest absolute Gasteiger partial charge is 0.369 e. The third kappa shape index (κ3) is 4.14. The lowest BCUT2D eigenvalue weighted by molar-refractivity contribution is -0.141. The zero-order chi connectivity index (χ0) is 21.3. The number of nitrogens with zero attached hydrogens (tertiary/aromatic N) is 7. The van der Waals surface area contributed by atoms with Gasteiger partial charge in [0.1, 0.15) is 18.9 Å². The van der Waals surface area contributed by atoms with Crippen molar-refractivity contribution in [3.8, 4) is 6.07 Å². The van der Waals surface area contributed by atoms with Crippen LogP contribution in [-0.2, 0) is 17.5 Å². The zero-order valence-electron chi connectivity index (χ0n) is 15.5. The van der Waals surface area contributed by atoms with Gasteiger partial charge in [-0.25, -0.2) is 14.6 Å². The predicted molar refractivity (Wildman–Crippen MR) is 98.0 cm³/mol.